The topological polar surface area (TPSA) is 64.8 Å². The first-order valence-electron chi connectivity index (χ1n) is 6.93. The molecule has 1 aliphatic heterocycles. The SMILES string of the molecule is COC(=O)c1cccc(N)c1N(C)CC1CCCCO1. The van der Waals surface area contributed by atoms with Crippen LogP contribution >= 0.6 is 0 Å². The standard InChI is InChI=1S/C15H22N2O3/c1-17(10-11-6-3-4-9-20-11)14-12(15(18)19-2)7-5-8-13(14)16/h5,7-8,11H,3-4,6,9-10,16H2,1-2H3. The Bertz CT molecular complexity index is 470. The van der Waals surface area contributed by atoms with Crippen LogP contribution < -0.4 is 10.6 Å². The Morgan fingerprint density at radius 2 is 2.30 bits per heavy atom. The van der Waals surface area contributed by atoms with Crippen LogP contribution in [0.15, 0.2) is 18.2 Å². The number of ether oxygens (including phenoxy) is 2. The molecule has 1 aliphatic rings. The molecule has 0 aliphatic carbocycles. The fraction of sp³-hybridized carbons (Fsp3) is 0.533. The maximum absolute atomic E-state index is 11.8. The van der Waals surface area contributed by atoms with Crippen molar-refractivity contribution in [3.8, 4) is 0 Å². The summed E-state index contributed by atoms with van der Waals surface area (Å²) >= 11 is 0. The summed E-state index contributed by atoms with van der Waals surface area (Å²) in [6.45, 7) is 1.53. The number of nitrogens with zero attached hydrogens (tertiary/aromatic N) is 1. The summed E-state index contributed by atoms with van der Waals surface area (Å²) < 4.78 is 10.6. The van der Waals surface area contributed by atoms with E-state index in [2.05, 4.69) is 0 Å². The molecular weight excluding hydrogens is 256 g/mol. The molecule has 2 N–H and O–H groups in total. The van der Waals surface area contributed by atoms with E-state index in [1.165, 1.54) is 13.5 Å². The Hall–Kier alpha value is -1.75. The number of nitrogen functional groups attached to an aromatic ring is 1. The number of esters is 1. The monoisotopic (exact) mass is 278 g/mol. The highest BCUT2D eigenvalue weighted by atomic mass is 16.5. The minimum absolute atomic E-state index is 0.193. The van der Waals surface area contributed by atoms with E-state index in [0.717, 1.165) is 26.0 Å². The van der Waals surface area contributed by atoms with Crippen molar-refractivity contribution < 1.29 is 14.3 Å². The summed E-state index contributed by atoms with van der Waals surface area (Å²) in [6.07, 6.45) is 3.55. The highest BCUT2D eigenvalue weighted by Gasteiger charge is 2.21. The Balaban J connectivity index is 2.19. The minimum Gasteiger partial charge on any atom is -0.465 e. The highest BCUT2D eigenvalue weighted by molar-refractivity contribution is 5.99. The number of rotatable bonds is 4. The normalized spacial score (nSPS) is 18.6. The summed E-state index contributed by atoms with van der Waals surface area (Å²) in [7, 11) is 3.30. The van der Waals surface area contributed by atoms with Crippen LogP contribution in [0, 0.1) is 0 Å². The third kappa shape index (κ3) is 3.22. The van der Waals surface area contributed by atoms with Crippen LogP contribution in [0.4, 0.5) is 11.4 Å². The molecule has 5 heteroatoms. The largest absolute Gasteiger partial charge is 0.465 e. The van der Waals surface area contributed by atoms with E-state index in [1.807, 2.05) is 11.9 Å². The maximum Gasteiger partial charge on any atom is 0.340 e. The highest BCUT2D eigenvalue weighted by Crippen LogP contribution is 2.28. The number of likely N-dealkylation sites (N-methyl/N-ethyl adjacent to an activating group) is 1. The van der Waals surface area contributed by atoms with Crippen LogP contribution in [0.5, 0.6) is 0 Å². The predicted molar refractivity (Wildman–Crippen MR) is 79.1 cm³/mol. The Labute approximate surface area is 119 Å². The Morgan fingerprint density at radius 1 is 1.50 bits per heavy atom. The molecule has 1 aromatic rings. The van der Waals surface area contributed by atoms with Gasteiger partial charge >= 0.3 is 5.97 Å². The third-order valence-electron chi connectivity index (χ3n) is 3.61. The van der Waals surface area contributed by atoms with Crippen LogP contribution in [0.25, 0.3) is 0 Å². The quantitative estimate of drug-likeness (QED) is 0.674. The van der Waals surface area contributed by atoms with E-state index in [9.17, 15) is 4.79 Å². The molecule has 1 unspecified atom stereocenters. The van der Waals surface area contributed by atoms with Crippen molar-refractivity contribution in [2.75, 3.05) is 37.9 Å². The van der Waals surface area contributed by atoms with Crippen LogP contribution in [-0.2, 0) is 9.47 Å². The number of benzene rings is 1. The lowest BCUT2D eigenvalue weighted by atomic mass is 10.1. The van der Waals surface area contributed by atoms with Crippen molar-refractivity contribution in [2.45, 2.75) is 25.4 Å². The number of nitrogens with two attached hydrogens (primary N) is 1. The molecule has 0 amide bonds. The van der Waals surface area contributed by atoms with Crippen molar-refractivity contribution in [3.05, 3.63) is 23.8 Å². The van der Waals surface area contributed by atoms with Gasteiger partial charge in [0.25, 0.3) is 0 Å². The second kappa shape index (κ2) is 6.61. The number of hydrogen-bond acceptors (Lipinski definition) is 5. The van der Waals surface area contributed by atoms with E-state index in [1.54, 1.807) is 18.2 Å². The molecule has 0 radical (unpaired) electrons. The molecule has 0 bridgehead atoms. The van der Waals surface area contributed by atoms with E-state index in [4.69, 9.17) is 15.2 Å². The number of para-hydroxylation sites is 1. The van der Waals surface area contributed by atoms with E-state index < -0.39 is 0 Å². The number of methoxy groups -OCH3 is 1. The van der Waals surface area contributed by atoms with Gasteiger partial charge in [0.2, 0.25) is 0 Å². The van der Waals surface area contributed by atoms with Gasteiger partial charge in [-0.15, -0.1) is 0 Å². The van der Waals surface area contributed by atoms with E-state index in [-0.39, 0.29) is 12.1 Å². The maximum atomic E-state index is 11.8. The van der Waals surface area contributed by atoms with E-state index in [0.29, 0.717) is 16.9 Å². The van der Waals surface area contributed by atoms with Gasteiger partial charge < -0.3 is 20.1 Å². The van der Waals surface area contributed by atoms with Crippen molar-refractivity contribution in [2.24, 2.45) is 0 Å². The number of carbonyl (C=O) groups is 1. The van der Waals surface area contributed by atoms with Crippen LogP contribution in [0.3, 0.4) is 0 Å². The molecule has 20 heavy (non-hydrogen) atoms. The summed E-state index contributed by atoms with van der Waals surface area (Å²) in [5.41, 5.74) is 7.81. The first-order chi connectivity index (χ1) is 9.63. The molecule has 5 nitrogen and oxygen atoms in total. The third-order valence-corrected chi connectivity index (χ3v) is 3.61. The first-order valence-corrected chi connectivity index (χ1v) is 6.93. The average Bonchev–Trinajstić information content (AvgIpc) is 2.47. The fourth-order valence-electron chi connectivity index (χ4n) is 2.61. The lowest BCUT2D eigenvalue weighted by molar-refractivity contribution is 0.0215. The second-order valence-electron chi connectivity index (χ2n) is 5.10. The molecule has 0 aromatic heterocycles. The molecule has 1 heterocycles. The molecule has 2 rings (SSSR count). The van der Waals surface area contributed by atoms with Gasteiger partial charge in [0.05, 0.1) is 30.2 Å². The van der Waals surface area contributed by atoms with Crippen molar-refractivity contribution in [3.63, 3.8) is 0 Å². The van der Waals surface area contributed by atoms with Gasteiger partial charge in [0.1, 0.15) is 0 Å². The molecular formula is C15H22N2O3. The van der Waals surface area contributed by atoms with Gasteiger partial charge in [-0.3, -0.25) is 0 Å². The van der Waals surface area contributed by atoms with Gasteiger partial charge in [-0.25, -0.2) is 4.79 Å². The van der Waals surface area contributed by atoms with Gasteiger partial charge in [0.15, 0.2) is 0 Å². The van der Waals surface area contributed by atoms with Gasteiger partial charge in [0, 0.05) is 20.2 Å². The summed E-state index contributed by atoms with van der Waals surface area (Å²) in [5.74, 6) is -0.372. The summed E-state index contributed by atoms with van der Waals surface area (Å²) in [4.78, 5) is 13.8. The zero-order valence-electron chi connectivity index (χ0n) is 12.1. The number of hydrogen-bond donors (Lipinski definition) is 1. The summed E-state index contributed by atoms with van der Waals surface area (Å²) in [5, 5.41) is 0. The van der Waals surface area contributed by atoms with Crippen molar-refractivity contribution in [1.82, 2.24) is 0 Å². The Kier molecular flexibility index (Phi) is 4.84. The Morgan fingerprint density at radius 3 is 2.95 bits per heavy atom. The molecule has 0 saturated carbocycles. The molecule has 0 spiro atoms. The predicted octanol–water partition coefficient (Wildman–Crippen LogP) is 2.06. The lowest BCUT2D eigenvalue weighted by Crippen LogP contribution is -2.34. The second-order valence-corrected chi connectivity index (χ2v) is 5.10. The van der Waals surface area contributed by atoms with Crippen LogP contribution in [-0.4, -0.2) is 39.4 Å². The molecule has 1 fully saturated rings. The van der Waals surface area contributed by atoms with Gasteiger partial charge in [-0.05, 0) is 31.4 Å². The van der Waals surface area contributed by atoms with Crippen LogP contribution in [0.1, 0.15) is 29.6 Å². The molecule has 110 valence electrons. The van der Waals surface area contributed by atoms with Gasteiger partial charge in [-0.1, -0.05) is 6.07 Å². The average molecular weight is 278 g/mol. The van der Waals surface area contributed by atoms with Crippen LogP contribution in [0.2, 0.25) is 0 Å². The molecule has 1 aromatic carbocycles. The fourth-order valence-corrected chi connectivity index (χ4v) is 2.61. The summed E-state index contributed by atoms with van der Waals surface area (Å²) in [6, 6.07) is 5.28. The lowest BCUT2D eigenvalue weighted by Gasteiger charge is -2.30. The number of carbonyl (C=O) groups excluding carboxylic acids is 1. The number of anilines is 2. The zero-order chi connectivity index (χ0) is 14.5. The van der Waals surface area contributed by atoms with E-state index >= 15 is 0 Å². The van der Waals surface area contributed by atoms with Crippen molar-refractivity contribution in [1.29, 1.82) is 0 Å². The van der Waals surface area contributed by atoms with Gasteiger partial charge in [-0.2, -0.15) is 0 Å². The van der Waals surface area contributed by atoms with Crippen molar-refractivity contribution >= 4 is 17.3 Å². The molecule has 1 atom stereocenters. The smallest absolute Gasteiger partial charge is 0.340 e. The zero-order valence-corrected chi connectivity index (χ0v) is 12.1. The minimum atomic E-state index is -0.372. The molecule has 1 saturated heterocycles. The first kappa shape index (κ1) is 14.7.